The molecule has 2 atom stereocenters. The molecule has 0 radical (unpaired) electrons. The van der Waals surface area contributed by atoms with Gasteiger partial charge in [0.15, 0.2) is 0 Å². The van der Waals surface area contributed by atoms with Crippen LogP contribution in [-0.2, 0) is 16.1 Å². The van der Waals surface area contributed by atoms with Crippen molar-refractivity contribution in [1.29, 1.82) is 0 Å². The lowest BCUT2D eigenvalue weighted by Crippen LogP contribution is -2.75. The highest BCUT2D eigenvalue weighted by Crippen LogP contribution is 2.36. The van der Waals surface area contributed by atoms with E-state index in [9.17, 15) is 19.5 Å². The summed E-state index contributed by atoms with van der Waals surface area (Å²) in [4.78, 5) is 43.2. The normalized spacial score (nSPS) is 20.9. The Morgan fingerprint density at radius 2 is 1.65 bits per heavy atom. The minimum absolute atomic E-state index is 0. The monoisotopic (exact) mass is 610 g/mol. The third kappa shape index (κ3) is 7.06. The molecule has 10 heteroatoms. The third-order valence-electron chi connectivity index (χ3n) is 8.95. The lowest BCUT2D eigenvalue weighted by atomic mass is 9.79. The first kappa shape index (κ1) is 32.5. The maximum Gasteiger partial charge on any atom is 0.251 e. The Balaban J connectivity index is 0.00000423. The molecule has 0 bridgehead atoms. The van der Waals surface area contributed by atoms with Crippen molar-refractivity contribution >= 4 is 30.1 Å². The Labute approximate surface area is 260 Å². The number of aliphatic hydroxyl groups is 1. The van der Waals surface area contributed by atoms with E-state index in [-0.39, 0.29) is 36.0 Å². The van der Waals surface area contributed by atoms with Crippen LogP contribution in [0.2, 0.25) is 0 Å². The van der Waals surface area contributed by atoms with Crippen LogP contribution in [0.1, 0.15) is 61.4 Å². The number of piperidine rings is 1. The summed E-state index contributed by atoms with van der Waals surface area (Å²) in [7, 11) is 1.60. The van der Waals surface area contributed by atoms with Crippen molar-refractivity contribution in [3.8, 4) is 11.5 Å². The molecular weight excluding hydrogens is 568 g/mol. The van der Waals surface area contributed by atoms with Crippen molar-refractivity contribution in [3.63, 3.8) is 0 Å². The molecule has 3 aliphatic rings. The van der Waals surface area contributed by atoms with Crippen LogP contribution < -0.4 is 15.4 Å². The van der Waals surface area contributed by atoms with E-state index < -0.39 is 17.7 Å². The van der Waals surface area contributed by atoms with Crippen molar-refractivity contribution in [1.82, 2.24) is 20.4 Å². The van der Waals surface area contributed by atoms with Gasteiger partial charge in [0.25, 0.3) is 5.91 Å². The number of allylic oxidation sites excluding steroid dienone is 2. The average molecular weight is 611 g/mol. The van der Waals surface area contributed by atoms with Gasteiger partial charge in [0.05, 0.1) is 6.10 Å². The van der Waals surface area contributed by atoms with Gasteiger partial charge in [-0.3, -0.25) is 19.3 Å². The van der Waals surface area contributed by atoms with Gasteiger partial charge in [0.2, 0.25) is 11.8 Å². The van der Waals surface area contributed by atoms with E-state index in [0.717, 1.165) is 37.8 Å². The van der Waals surface area contributed by atoms with Gasteiger partial charge < -0.3 is 25.4 Å². The van der Waals surface area contributed by atoms with E-state index in [1.165, 1.54) is 0 Å². The fourth-order valence-electron chi connectivity index (χ4n) is 6.35. The minimum Gasteiger partial charge on any atom is -0.457 e. The molecule has 3 amide bonds. The van der Waals surface area contributed by atoms with Gasteiger partial charge in [0, 0.05) is 38.8 Å². The largest absolute Gasteiger partial charge is 0.457 e. The predicted octanol–water partition coefficient (Wildman–Crippen LogP) is 4.05. The number of benzene rings is 2. The van der Waals surface area contributed by atoms with E-state index in [2.05, 4.69) is 22.5 Å². The second-order valence-electron chi connectivity index (χ2n) is 11.6. The van der Waals surface area contributed by atoms with Gasteiger partial charge in [-0.2, -0.15) is 0 Å². The van der Waals surface area contributed by atoms with Crippen LogP contribution >= 0.6 is 12.4 Å². The van der Waals surface area contributed by atoms with Gasteiger partial charge in [0.1, 0.15) is 23.1 Å². The number of piperazine rings is 1. The van der Waals surface area contributed by atoms with Crippen LogP contribution in [0.5, 0.6) is 11.5 Å². The molecule has 3 N–H and O–H groups in total. The molecule has 2 fully saturated rings. The Hall–Kier alpha value is -3.40. The molecule has 232 valence electrons. The fraction of sp³-hybridized carbons (Fsp3) is 0.485. The second-order valence-corrected chi connectivity index (χ2v) is 11.6. The summed E-state index contributed by atoms with van der Waals surface area (Å²) in [5.41, 5.74) is 0.845. The van der Waals surface area contributed by atoms with Gasteiger partial charge in [-0.05, 0) is 80.0 Å². The summed E-state index contributed by atoms with van der Waals surface area (Å²) in [6.45, 7) is 4.74. The van der Waals surface area contributed by atoms with E-state index in [1.807, 2.05) is 36.4 Å². The SMILES string of the molecule is CCCCN1C(=O)[C@@H]([C@H](O)C2CC=CC2)NC(=O)C12CCN(Cc1ccc(Oc3ccc(C(=O)NC)cc3)cc1)CC2.Cl. The zero-order valence-corrected chi connectivity index (χ0v) is 25.8. The third-order valence-corrected chi connectivity index (χ3v) is 8.95. The minimum atomic E-state index is -0.883. The van der Waals surface area contributed by atoms with Gasteiger partial charge in [-0.15, -0.1) is 12.4 Å². The number of hydrogen-bond acceptors (Lipinski definition) is 6. The highest BCUT2D eigenvalue weighted by molar-refractivity contribution is 6.00. The molecule has 9 nitrogen and oxygen atoms in total. The van der Waals surface area contributed by atoms with E-state index >= 15 is 0 Å². The van der Waals surface area contributed by atoms with Gasteiger partial charge in [-0.25, -0.2) is 0 Å². The molecule has 43 heavy (non-hydrogen) atoms. The molecule has 2 aromatic carbocycles. The number of aliphatic hydroxyl groups excluding tert-OH is 1. The first-order valence-corrected chi connectivity index (χ1v) is 15.1. The Kier molecular flexibility index (Phi) is 10.9. The van der Waals surface area contributed by atoms with Gasteiger partial charge >= 0.3 is 0 Å². The molecule has 1 aliphatic carbocycles. The Morgan fingerprint density at radius 3 is 2.23 bits per heavy atom. The predicted molar refractivity (Wildman–Crippen MR) is 167 cm³/mol. The highest BCUT2D eigenvalue weighted by atomic mass is 35.5. The first-order chi connectivity index (χ1) is 20.3. The number of hydrogen-bond donors (Lipinski definition) is 3. The molecule has 2 saturated heterocycles. The molecule has 5 rings (SSSR count). The van der Waals surface area contributed by atoms with Crippen LogP contribution in [0, 0.1) is 5.92 Å². The van der Waals surface area contributed by atoms with Crippen molar-refractivity contribution in [2.75, 3.05) is 26.7 Å². The molecular formula is C33H43ClN4O5. The van der Waals surface area contributed by atoms with Crippen molar-refractivity contribution in [3.05, 3.63) is 71.8 Å². The number of carbonyl (C=O) groups is 3. The summed E-state index contributed by atoms with van der Waals surface area (Å²) in [6.07, 6.45) is 7.52. The molecule has 1 spiro atoms. The van der Waals surface area contributed by atoms with Crippen LogP contribution in [0.3, 0.4) is 0 Å². The Morgan fingerprint density at radius 1 is 1.05 bits per heavy atom. The molecule has 2 aromatic rings. The van der Waals surface area contributed by atoms with Gasteiger partial charge in [-0.1, -0.05) is 37.6 Å². The maximum absolute atomic E-state index is 13.7. The summed E-state index contributed by atoms with van der Waals surface area (Å²) in [5, 5.41) is 16.6. The molecule has 2 heterocycles. The first-order valence-electron chi connectivity index (χ1n) is 15.1. The molecule has 2 aliphatic heterocycles. The summed E-state index contributed by atoms with van der Waals surface area (Å²) in [6, 6.07) is 14.0. The standard InChI is InChI=1S/C33H42N4O5.ClH/c1-3-4-19-37-31(40)28(29(38)24-7-5-6-8-24)35-32(41)33(37)17-20-36(21-18-33)22-23-9-13-26(14-10-23)42-27-15-11-25(12-16-27)30(39)34-2;/h5-6,9-16,24,28-29,38H,3-4,7-8,17-22H2,1-2H3,(H,34,39)(H,35,41);1H/t28-,29-;/m1./s1. The van der Waals surface area contributed by atoms with Crippen LogP contribution in [0.15, 0.2) is 60.7 Å². The zero-order chi connectivity index (χ0) is 29.7. The number of halogens is 1. The number of rotatable bonds is 10. The van der Waals surface area contributed by atoms with E-state index in [0.29, 0.717) is 49.5 Å². The smallest absolute Gasteiger partial charge is 0.251 e. The Bertz CT molecular complexity index is 1280. The molecule has 0 aromatic heterocycles. The average Bonchev–Trinajstić information content (AvgIpc) is 3.56. The number of unbranched alkanes of at least 4 members (excludes halogenated alkanes) is 1. The number of likely N-dealkylation sites (tertiary alicyclic amines) is 1. The lowest BCUT2D eigenvalue weighted by molar-refractivity contribution is -0.165. The summed E-state index contributed by atoms with van der Waals surface area (Å²) < 4.78 is 5.94. The van der Waals surface area contributed by atoms with Crippen LogP contribution in [-0.4, -0.2) is 77.0 Å². The number of carbonyl (C=O) groups excluding carboxylic acids is 3. The highest BCUT2D eigenvalue weighted by Gasteiger charge is 2.55. The summed E-state index contributed by atoms with van der Waals surface area (Å²) >= 11 is 0. The molecule has 0 saturated carbocycles. The van der Waals surface area contributed by atoms with E-state index in [1.54, 1.807) is 36.2 Å². The van der Waals surface area contributed by atoms with Crippen LogP contribution in [0.4, 0.5) is 0 Å². The van der Waals surface area contributed by atoms with Crippen molar-refractivity contribution in [2.24, 2.45) is 5.92 Å². The summed E-state index contributed by atoms with van der Waals surface area (Å²) in [5.74, 6) is 0.915. The lowest BCUT2D eigenvalue weighted by Gasteiger charge is -2.52. The quantitative estimate of drug-likeness (QED) is 0.350. The topological polar surface area (TPSA) is 111 Å². The van der Waals surface area contributed by atoms with Crippen molar-refractivity contribution < 1.29 is 24.2 Å². The number of amides is 3. The van der Waals surface area contributed by atoms with Crippen molar-refractivity contribution in [2.45, 2.75) is 69.7 Å². The maximum atomic E-state index is 13.7. The number of nitrogens with one attached hydrogen (secondary N) is 2. The second kappa shape index (κ2) is 14.4. The number of nitrogens with zero attached hydrogens (tertiary/aromatic N) is 2. The van der Waals surface area contributed by atoms with Crippen LogP contribution in [0.25, 0.3) is 0 Å². The fourth-order valence-corrected chi connectivity index (χ4v) is 6.35. The molecule has 0 unspecified atom stereocenters. The zero-order valence-electron chi connectivity index (χ0n) is 25.0. The number of ether oxygens (including phenoxy) is 1. The van der Waals surface area contributed by atoms with E-state index in [4.69, 9.17) is 4.74 Å².